The number of nitrogens with zero attached hydrogens (tertiary/aromatic N) is 2. The molecule has 86 valence electrons. The predicted molar refractivity (Wildman–Crippen MR) is 71.0 cm³/mol. The van der Waals surface area contributed by atoms with E-state index in [-0.39, 0.29) is 5.70 Å². The van der Waals surface area contributed by atoms with Crippen molar-refractivity contribution in [2.24, 2.45) is 0 Å². The van der Waals surface area contributed by atoms with E-state index in [0.29, 0.717) is 0 Å². The maximum absolute atomic E-state index is 8.55. The third-order valence-electron chi connectivity index (χ3n) is 2.12. The topological polar surface area (TPSA) is 41.3 Å². The second-order valence-corrected chi connectivity index (χ2v) is 18.8. The van der Waals surface area contributed by atoms with Gasteiger partial charge in [-0.1, -0.05) is 0 Å². The van der Waals surface area contributed by atoms with Crippen molar-refractivity contribution in [3.63, 3.8) is 0 Å². The zero-order valence-corrected chi connectivity index (χ0v) is 13.0. The molecule has 1 rings (SSSR count). The molecule has 0 saturated carbocycles. The molecular formula is C13H14N2OSn. The Morgan fingerprint density at radius 1 is 1.47 bits per heavy atom. The van der Waals surface area contributed by atoms with E-state index < -0.39 is 18.4 Å². The zero-order valence-electron chi connectivity index (χ0n) is 10.2. The van der Waals surface area contributed by atoms with Crippen LogP contribution in [0.1, 0.15) is 5.76 Å². The van der Waals surface area contributed by atoms with Gasteiger partial charge in [0.25, 0.3) is 0 Å². The van der Waals surface area contributed by atoms with E-state index in [1.54, 1.807) is 18.2 Å². The number of rotatable bonds is 3. The molecule has 4 heteroatoms. The number of allylic oxidation sites excluding steroid dienone is 3. The molecule has 0 aliphatic carbocycles. The average Bonchev–Trinajstić information content (AvgIpc) is 2.73. The molecule has 0 unspecified atom stereocenters. The van der Waals surface area contributed by atoms with Crippen LogP contribution in [-0.4, -0.2) is 18.4 Å². The second kappa shape index (κ2) is 5.74. The van der Waals surface area contributed by atoms with Gasteiger partial charge in [0, 0.05) is 0 Å². The van der Waals surface area contributed by atoms with Gasteiger partial charge in [0.15, 0.2) is 0 Å². The molecule has 17 heavy (non-hydrogen) atoms. The van der Waals surface area contributed by atoms with Crippen LogP contribution in [0, 0.1) is 17.9 Å². The van der Waals surface area contributed by atoms with Crippen LogP contribution in [0.2, 0.25) is 14.8 Å². The van der Waals surface area contributed by atoms with Gasteiger partial charge in [-0.05, 0) is 0 Å². The standard InChI is InChI=1S/C10H5N2O.3CH3.Sn/c1-12-9(8-11)4-2-5-10-6-3-7-13-10;;;;/h2-6H;3*1H3;/b5-2+,9-4-;;;;. The quantitative estimate of drug-likeness (QED) is 0.369. The Kier molecular flexibility index (Phi) is 4.60. The van der Waals surface area contributed by atoms with Crippen LogP contribution < -0.4 is 3.78 Å². The van der Waals surface area contributed by atoms with Crippen LogP contribution in [-0.2, 0) is 0 Å². The molecule has 1 heterocycles. The van der Waals surface area contributed by atoms with Crippen molar-refractivity contribution in [2.75, 3.05) is 0 Å². The van der Waals surface area contributed by atoms with Gasteiger partial charge in [0.2, 0.25) is 0 Å². The molecule has 0 aromatic carbocycles. The fourth-order valence-corrected chi connectivity index (χ4v) is 4.05. The minimum absolute atomic E-state index is 0.0722. The maximum atomic E-state index is 8.55. The van der Waals surface area contributed by atoms with Crippen molar-refractivity contribution in [3.8, 4) is 6.07 Å². The van der Waals surface area contributed by atoms with Gasteiger partial charge < -0.3 is 0 Å². The Morgan fingerprint density at radius 2 is 2.18 bits per heavy atom. The summed E-state index contributed by atoms with van der Waals surface area (Å²) >= 11 is -2.11. The number of nitriles is 1. The fourth-order valence-electron chi connectivity index (χ4n) is 1.18. The van der Waals surface area contributed by atoms with Crippen molar-refractivity contribution < 1.29 is 4.42 Å². The summed E-state index contributed by atoms with van der Waals surface area (Å²) in [7, 11) is 0. The number of furan rings is 1. The Morgan fingerprint density at radius 3 is 2.65 bits per heavy atom. The Labute approximate surface area is 106 Å². The SMILES string of the molecule is [C-]#[N+]/C(C#N)=C\C=C\c1cc[c]([Sn]([CH3])([CH3])[CH3])o1. The van der Waals surface area contributed by atoms with Crippen molar-refractivity contribution in [2.45, 2.75) is 14.8 Å². The summed E-state index contributed by atoms with van der Waals surface area (Å²) in [6, 6.07) is 5.75. The van der Waals surface area contributed by atoms with Crippen molar-refractivity contribution in [3.05, 3.63) is 47.2 Å². The van der Waals surface area contributed by atoms with Gasteiger partial charge >= 0.3 is 106 Å². The Hall–Kier alpha value is -1.46. The molecule has 0 amide bonds. The normalized spacial score (nSPS) is 12.4. The molecule has 0 saturated heterocycles. The van der Waals surface area contributed by atoms with E-state index in [1.165, 1.54) is 6.08 Å². The van der Waals surface area contributed by atoms with Crippen molar-refractivity contribution in [1.29, 1.82) is 5.26 Å². The summed E-state index contributed by atoms with van der Waals surface area (Å²) < 4.78 is 6.83. The molecule has 3 nitrogen and oxygen atoms in total. The first-order chi connectivity index (χ1) is 7.97. The first-order valence-electron chi connectivity index (χ1n) is 5.23. The first-order valence-corrected chi connectivity index (χ1v) is 15.2. The zero-order chi connectivity index (χ0) is 12.9. The third-order valence-corrected chi connectivity index (χ3v) is 7.10. The molecule has 0 aliphatic rings. The van der Waals surface area contributed by atoms with Gasteiger partial charge in [-0.2, -0.15) is 0 Å². The number of hydrogen-bond donors (Lipinski definition) is 0. The molecule has 0 fully saturated rings. The minimum atomic E-state index is -2.11. The third kappa shape index (κ3) is 4.13. The summed E-state index contributed by atoms with van der Waals surface area (Å²) in [5, 5.41) is 8.55. The Balaban J connectivity index is 2.82. The summed E-state index contributed by atoms with van der Waals surface area (Å²) in [5.41, 5.74) is 0.0722. The van der Waals surface area contributed by atoms with Crippen LogP contribution in [0.15, 0.2) is 34.4 Å². The van der Waals surface area contributed by atoms with E-state index >= 15 is 0 Å². The predicted octanol–water partition coefficient (Wildman–Crippen LogP) is 3.16. The second-order valence-electron chi connectivity index (χ2n) is 4.59. The van der Waals surface area contributed by atoms with E-state index in [1.807, 2.05) is 12.1 Å². The molecule has 1 aromatic rings. The molecule has 0 aliphatic heterocycles. The first kappa shape index (κ1) is 13.6. The van der Waals surface area contributed by atoms with Gasteiger partial charge in [-0.3, -0.25) is 0 Å². The molecule has 1 aromatic heterocycles. The van der Waals surface area contributed by atoms with Crippen LogP contribution in [0.4, 0.5) is 0 Å². The summed E-state index contributed by atoms with van der Waals surface area (Å²) in [6.07, 6.45) is 4.91. The summed E-state index contributed by atoms with van der Waals surface area (Å²) in [5.74, 6) is 0.769. The summed E-state index contributed by atoms with van der Waals surface area (Å²) in [6.45, 7) is 6.71. The molecule has 0 atom stereocenters. The van der Waals surface area contributed by atoms with Crippen LogP contribution in [0.25, 0.3) is 10.9 Å². The van der Waals surface area contributed by atoms with Gasteiger partial charge in [0.1, 0.15) is 0 Å². The van der Waals surface area contributed by atoms with Gasteiger partial charge in [-0.15, -0.1) is 0 Å². The average molecular weight is 333 g/mol. The van der Waals surface area contributed by atoms with E-state index in [4.69, 9.17) is 16.3 Å². The van der Waals surface area contributed by atoms with Crippen molar-refractivity contribution in [1.82, 2.24) is 0 Å². The molecule has 0 N–H and O–H groups in total. The molecule has 0 spiro atoms. The summed E-state index contributed by atoms with van der Waals surface area (Å²) in [4.78, 5) is 9.92. The van der Waals surface area contributed by atoms with Crippen LogP contribution in [0.3, 0.4) is 0 Å². The monoisotopic (exact) mass is 334 g/mol. The van der Waals surface area contributed by atoms with Crippen molar-refractivity contribution >= 4 is 28.2 Å². The molecular weight excluding hydrogens is 319 g/mol. The fraction of sp³-hybridized carbons (Fsp3) is 0.231. The Bertz CT molecular complexity index is 517. The van der Waals surface area contributed by atoms with Crippen LogP contribution >= 0.6 is 0 Å². The molecule has 0 bridgehead atoms. The number of hydrogen-bond acceptors (Lipinski definition) is 2. The molecule has 0 radical (unpaired) electrons. The van der Waals surface area contributed by atoms with E-state index in [0.717, 1.165) is 9.54 Å². The van der Waals surface area contributed by atoms with Gasteiger partial charge in [0.05, 0.1) is 0 Å². The van der Waals surface area contributed by atoms with E-state index in [9.17, 15) is 0 Å². The van der Waals surface area contributed by atoms with Gasteiger partial charge in [-0.25, -0.2) is 0 Å². The van der Waals surface area contributed by atoms with E-state index in [2.05, 4.69) is 19.7 Å². The van der Waals surface area contributed by atoms with Crippen LogP contribution in [0.5, 0.6) is 0 Å².